The summed E-state index contributed by atoms with van der Waals surface area (Å²) in [6, 6.07) is -0.679. The first kappa shape index (κ1) is 34.6. The van der Waals surface area contributed by atoms with Crippen LogP contribution in [0.15, 0.2) is 25.0 Å². The maximum atomic E-state index is 12.5. The summed E-state index contributed by atoms with van der Waals surface area (Å²) in [6.45, 7) is 19.3. The Morgan fingerprint density at radius 1 is 1.05 bits per heavy atom. The molecule has 9 heteroatoms. The number of hydrogen-bond acceptors (Lipinski definition) is 8. The zero-order valence-electron chi connectivity index (χ0n) is 25.0. The topological polar surface area (TPSA) is 98.5 Å². The first-order valence-electron chi connectivity index (χ1n) is 14.4. The van der Waals surface area contributed by atoms with Gasteiger partial charge in [0.05, 0.1) is 18.9 Å². The van der Waals surface area contributed by atoms with Gasteiger partial charge in [-0.3, -0.25) is 0 Å². The fraction of sp³-hybridized carbons (Fsp3) is 0.828. The van der Waals surface area contributed by atoms with E-state index in [0.29, 0.717) is 6.61 Å². The molecule has 0 aliphatic carbocycles. The van der Waals surface area contributed by atoms with Crippen LogP contribution in [0.3, 0.4) is 0 Å². The maximum Gasteiger partial charge on any atom is 0.509 e. The van der Waals surface area contributed by atoms with E-state index < -0.39 is 45.1 Å². The Kier molecular flexibility index (Phi) is 16.5. The summed E-state index contributed by atoms with van der Waals surface area (Å²) in [6.07, 6.45) is 10.6. The van der Waals surface area contributed by atoms with Gasteiger partial charge in [-0.05, 0) is 31.5 Å². The lowest BCUT2D eigenvalue weighted by Crippen LogP contribution is -2.64. The van der Waals surface area contributed by atoms with Gasteiger partial charge < -0.3 is 33.8 Å². The molecular formula is C29H55NO7Si. The molecule has 1 fully saturated rings. The van der Waals surface area contributed by atoms with Crippen LogP contribution >= 0.6 is 0 Å². The highest BCUT2D eigenvalue weighted by Gasteiger charge is 2.49. The van der Waals surface area contributed by atoms with E-state index in [-0.39, 0.29) is 18.3 Å². The molecule has 222 valence electrons. The van der Waals surface area contributed by atoms with Gasteiger partial charge in [0.25, 0.3) is 0 Å². The van der Waals surface area contributed by atoms with Crippen molar-refractivity contribution >= 4 is 14.5 Å². The molecule has 0 radical (unpaired) electrons. The van der Waals surface area contributed by atoms with Crippen molar-refractivity contribution in [2.45, 2.75) is 135 Å². The first-order valence-corrected chi connectivity index (χ1v) is 17.3. The van der Waals surface area contributed by atoms with Crippen molar-refractivity contribution in [3.05, 3.63) is 25.0 Å². The third-order valence-electron chi connectivity index (χ3n) is 7.32. The van der Waals surface area contributed by atoms with Gasteiger partial charge in [0.2, 0.25) is 6.29 Å². The summed E-state index contributed by atoms with van der Waals surface area (Å²) < 4.78 is 35.6. The zero-order valence-corrected chi connectivity index (χ0v) is 26.0. The van der Waals surface area contributed by atoms with Crippen molar-refractivity contribution in [2.75, 3.05) is 19.8 Å². The van der Waals surface area contributed by atoms with Crippen molar-refractivity contribution in [2.24, 2.45) is 5.73 Å². The van der Waals surface area contributed by atoms with Gasteiger partial charge in [-0.2, -0.15) is 0 Å². The molecule has 0 aromatic rings. The Morgan fingerprint density at radius 2 is 1.68 bits per heavy atom. The number of ether oxygens (including phenoxy) is 5. The van der Waals surface area contributed by atoms with Crippen LogP contribution in [-0.4, -0.2) is 64.9 Å². The van der Waals surface area contributed by atoms with E-state index >= 15 is 0 Å². The van der Waals surface area contributed by atoms with Gasteiger partial charge in [-0.1, -0.05) is 91.4 Å². The van der Waals surface area contributed by atoms with Gasteiger partial charge in [0.15, 0.2) is 14.4 Å². The monoisotopic (exact) mass is 557 g/mol. The van der Waals surface area contributed by atoms with Crippen molar-refractivity contribution in [1.29, 1.82) is 0 Å². The predicted octanol–water partition coefficient (Wildman–Crippen LogP) is 6.84. The van der Waals surface area contributed by atoms with Crippen LogP contribution in [0.5, 0.6) is 0 Å². The molecule has 0 amide bonds. The quantitative estimate of drug-likeness (QED) is 0.0643. The molecule has 0 bridgehead atoms. The molecule has 2 N–H and O–H groups in total. The molecule has 38 heavy (non-hydrogen) atoms. The van der Waals surface area contributed by atoms with Gasteiger partial charge in [0.1, 0.15) is 18.8 Å². The van der Waals surface area contributed by atoms with Crippen LogP contribution < -0.4 is 5.73 Å². The van der Waals surface area contributed by atoms with E-state index in [1.807, 2.05) is 6.92 Å². The summed E-state index contributed by atoms with van der Waals surface area (Å²) >= 11 is 0. The SMILES string of the molecule is C=CCOC(=O)O[C@H]1[C@H](OCCCCCCCCCC)[C@@H](N)[C@@H](O/C=C\C)O[C@@H]1CO[Si](C)(C)C(C)(C)C. The Balaban J connectivity index is 2.97. The normalized spacial score (nSPS) is 24.4. The minimum absolute atomic E-state index is 0.00457. The summed E-state index contributed by atoms with van der Waals surface area (Å²) in [5.74, 6) is 0. The average molecular weight is 558 g/mol. The summed E-state index contributed by atoms with van der Waals surface area (Å²) in [4.78, 5) is 12.5. The van der Waals surface area contributed by atoms with E-state index in [9.17, 15) is 4.79 Å². The first-order chi connectivity index (χ1) is 18.0. The Morgan fingerprint density at radius 3 is 2.26 bits per heavy atom. The molecule has 0 aromatic heterocycles. The van der Waals surface area contributed by atoms with Crippen LogP contribution in [0.2, 0.25) is 18.1 Å². The van der Waals surface area contributed by atoms with E-state index in [1.165, 1.54) is 44.6 Å². The second-order valence-corrected chi connectivity index (χ2v) is 16.3. The molecule has 1 aliphatic rings. The van der Waals surface area contributed by atoms with Crippen LogP contribution in [0, 0.1) is 0 Å². The van der Waals surface area contributed by atoms with Gasteiger partial charge in [-0.25, -0.2) is 4.79 Å². The lowest BCUT2D eigenvalue weighted by Gasteiger charge is -2.45. The molecule has 1 heterocycles. The van der Waals surface area contributed by atoms with E-state index in [2.05, 4.69) is 47.4 Å². The van der Waals surface area contributed by atoms with Crippen molar-refractivity contribution in [3.8, 4) is 0 Å². The molecule has 1 rings (SSSR count). The molecule has 8 nitrogen and oxygen atoms in total. The fourth-order valence-corrected chi connectivity index (χ4v) is 4.94. The van der Waals surface area contributed by atoms with Crippen LogP contribution in [-0.2, 0) is 28.1 Å². The molecule has 0 spiro atoms. The molecule has 1 saturated heterocycles. The number of allylic oxidation sites excluding steroid dienone is 1. The smallest absolute Gasteiger partial charge is 0.471 e. The Bertz CT molecular complexity index is 695. The molecule has 5 atom stereocenters. The van der Waals surface area contributed by atoms with Gasteiger partial charge >= 0.3 is 6.16 Å². The second-order valence-electron chi connectivity index (χ2n) is 11.5. The van der Waals surface area contributed by atoms with Crippen LogP contribution in [0.1, 0.15) is 86.0 Å². The minimum Gasteiger partial charge on any atom is -0.471 e. The van der Waals surface area contributed by atoms with Crippen molar-refractivity contribution < 1.29 is 32.9 Å². The highest BCUT2D eigenvalue weighted by molar-refractivity contribution is 6.74. The van der Waals surface area contributed by atoms with Crippen LogP contribution in [0.4, 0.5) is 4.79 Å². The fourth-order valence-electron chi connectivity index (χ4n) is 3.92. The number of rotatable bonds is 18. The van der Waals surface area contributed by atoms with E-state index in [1.54, 1.807) is 12.3 Å². The highest BCUT2D eigenvalue weighted by atomic mass is 28.4. The van der Waals surface area contributed by atoms with E-state index in [4.69, 9.17) is 33.8 Å². The zero-order chi connectivity index (χ0) is 28.6. The van der Waals surface area contributed by atoms with Gasteiger partial charge in [-0.15, -0.1) is 0 Å². The molecule has 0 saturated carbocycles. The Hall–Kier alpha value is -1.39. The average Bonchev–Trinajstić information content (AvgIpc) is 2.86. The van der Waals surface area contributed by atoms with Crippen LogP contribution in [0.25, 0.3) is 0 Å². The van der Waals surface area contributed by atoms with Gasteiger partial charge in [0, 0.05) is 6.61 Å². The second kappa shape index (κ2) is 18.0. The number of carbonyl (C=O) groups is 1. The summed E-state index contributed by atoms with van der Waals surface area (Å²) in [7, 11) is -2.11. The molecular weight excluding hydrogens is 502 g/mol. The third kappa shape index (κ3) is 12.2. The van der Waals surface area contributed by atoms with Crippen molar-refractivity contribution in [1.82, 2.24) is 0 Å². The number of unbranched alkanes of at least 4 members (excludes halogenated alkanes) is 7. The molecule has 0 unspecified atom stereocenters. The predicted molar refractivity (Wildman–Crippen MR) is 154 cm³/mol. The lowest BCUT2D eigenvalue weighted by molar-refractivity contribution is -0.259. The largest absolute Gasteiger partial charge is 0.509 e. The minimum atomic E-state index is -2.11. The van der Waals surface area contributed by atoms with Crippen molar-refractivity contribution in [3.63, 3.8) is 0 Å². The standard InChI is InChI=1S/C29H55NO7Si/c1-9-12-13-14-15-16-17-18-21-32-26-24(30)27(33-19-10-2)36-23(22-35-38(7,8)29(4,5)6)25(26)37-28(31)34-20-11-3/h10-11,19,23-27H,3,9,12-18,20-22,30H2,1-2,4-8H3/b19-10-/t23-,24-,25-,26-,27+/m1/s1. The molecule has 0 aromatic carbocycles. The lowest BCUT2D eigenvalue weighted by atomic mass is 9.97. The summed E-state index contributed by atoms with van der Waals surface area (Å²) in [5.41, 5.74) is 6.56. The summed E-state index contributed by atoms with van der Waals surface area (Å²) in [5, 5.41) is 0.00457. The molecule has 1 aliphatic heterocycles. The number of carbonyl (C=O) groups excluding carboxylic acids is 1. The van der Waals surface area contributed by atoms with E-state index in [0.717, 1.165) is 12.8 Å². The highest BCUT2D eigenvalue weighted by Crippen LogP contribution is 2.37. The maximum absolute atomic E-state index is 12.5. The Labute approximate surface area is 232 Å². The third-order valence-corrected chi connectivity index (χ3v) is 11.8. The number of nitrogens with two attached hydrogens (primary N) is 1. The number of hydrogen-bond donors (Lipinski definition) is 1.